The van der Waals surface area contributed by atoms with Crippen LogP contribution in [0.1, 0.15) is 15.9 Å². The average Bonchev–Trinajstić information content (AvgIpc) is 3.09. The van der Waals surface area contributed by atoms with E-state index in [0.29, 0.717) is 25.8 Å². The van der Waals surface area contributed by atoms with Crippen LogP contribution in [0, 0.1) is 0 Å². The molecule has 35 heavy (non-hydrogen) atoms. The van der Waals surface area contributed by atoms with Crippen LogP contribution in [0.3, 0.4) is 0 Å². The largest absolute Gasteiger partial charge is 0.492 e. The highest BCUT2D eigenvalue weighted by atomic mass is 79.9. The van der Waals surface area contributed by atoms with Gasteiger partial charge in [0.05, 0.1) is 17.0 Å². The lowest BCUT2D eigenvalue weighted by Gasteiger charge is -2.13. The molecule has 3 aromatic rings. The molecule has 1 aliphatic heterocycles. The minimum atomic E-state index is -0.600. The molecule has 2 amide bonds. The number of thioether (sulfide) groups is 1. The van der Waals surface area contributed by atoms with Gasteiger partial charge in [0.2, 0.25) is 0 Å². The fourth-order valence-corrected chi connectivity index (χ4v) is 4.67. The number of halogens is 3. The zero-order chi connectivity index (χ0) is 24.9. The monoisotopic (exact) mass is 591 g/mol. The first-order valence-corrected chi connectivity index (χ1v) is 12.6. The number of imide groups is 1. The topological polar surface area (TPSA) is 72.9 Å². The maximum Gasteiger partial charge on any atom is 0.343 e. The van der Waals surface area contributed by atoms with E-state index in [1.54, 1.807) is 60.7 Å². The van der Waals surface area contributed by atoms with Gasteiger partial charge in [0.1, 0.15) is 18.1 Å². The van der Waals surface area contributed by atoms with Gasteiger partial charge in [-0.2, -0.15) is 0 Å². The van der Waals surface area contributed by atoms with Gasteiger partial charge < -0.3 is 9.47 Å². The van der Waals surface area contributed by atoms with E-state index in [1.165, 1.54) is 12.1 Å². The van der Waals surface area contributed by atoms with Crippen molar-refractivity contribution in [3.8, 4) is 11.5 Å². The predicted octanol–water partition coefficient (Wildman–Crippen LogP) is 7.09. The number of rotatable bonds is 7. The van der Waals surface area contributed by atoms with Crippen LogP contribution >= 0.6 is 50.9 Å². The number of carbonyl (C=O) groups is 3. The Bertz CT molecular complexity index is 1330. The van der Waals surface area contributed by atoms with Crippen LogP contribution in [0.5, 0.6) is 11.5 Å². The van der Waals surface area contributed by atoms with Crippen molar-refractivity contribution in [3.05, 3.63) is 97.3 Å². The summed E-state index contributed by atoms with van der Waals surface area (Å²) in [6.45, 7) is 0.214. The maximum absolute atomic E-state index is 12.9. The van der Waals surface area contributed by atoms with Gasteiger partial charge in [0.25, 0.3) is 11.1 Å². The number of hydrogen-bond donors (Lipinski definition) is 0. The van der Waals surface area contributed by atoms with Crippen LogP contribution < -0.4 is 9.47 Å². The smallest absolute Gasteiger partial charge is 0.343 e. The molecular weight excluding hydrogens is 577 g/mol. The van der Waals surface area contributed by atoms with Gasteiger partial charge in [0, 0.05) is 20.1 Å². The fourth-order valence-electron chi connectivity index (χ4n) is 3.12. The van der Waals surface area contributed by atoms with Crippen molar-refractivity contribution < 1.29 is 23.9 Å². The molecular formula is C25H16BrCl2NO5S. The molecule has 4 rings (SSSR count). The molecule has 0 N–H and O–H groups in total. The SMILES string of the molecule is O=C(Oc1ccc(Br)cc1/C=C1\SC(=O)N(CCOc2ccc(Cl)cc2)C1=O)c1cccc(Cl)c1. The molecule has 1 aliphatic rings. The summed E-state index contributed by atoms with van der Waals surface area (Å²) in [5.74, 6) is -0.239. The van der Waals surface area contributed by atoms with E-state index in [2.05, 4.69) is 15.9 Å². The molecule has 0 unspecified atom stereocenters. The van der Waals surface area contributed by atoms with Gasteiger partial charge in [0.15, 0.2) is 0 Å². The molecule has 6 nitrogen and oxygen atoms in total. The number of ether oxygens (including phenoxy) is 2. The van der Waals surface area contributed by atoms with Crippen LogP contribution in [0.25, 0.3) is 6.08 Å². The predicted molar refractivity (Wildman–Crippen MR) is 140 cm³/mol. The van der Waals surface area contributed by atoms with E-state index < -0.39 is 17.1 Å². The standard InChI is InChI=1S/C25H16BrCl2NO5S/c26-17-4-9-21(34-24(31)15-2-1-3-19(28)13-15)16(12-17)14-22-23(30)29(25(32)35-22)10-11-33-20-7-5-18(27)6-8-20/h1-9,12-14H,10-11H2/b22-14-. The Hall–Kier alpha value is -2.78. The van der Waals surface area contributed by atoms with Crippen LogP contribution in [0.4, 0.5) is 4.79 Å². The first-order valence-electron chi connectivity index (χ1n) is 10.2. The Morgan fingerprint density at radius 1 is 1.00 bits per heavy atom. The summed E-state index contributed by atoms with van der Waals surface area (Å²) in [6, 6.07) is 18.2. The third kappa shape index (κ3) is 6.46. The first kappa shape index (κ1) is 25.3. The molecule has 0 aromatic heterocycles. The quantitative estimate of drug-likeness (QED) is 0.166. The number of esters is 1. The van der Waals surface area contributed by atoms with E-state index in [4.69, 9.17) is 32.7 Å². The van der Waals surface area contributed by atoms with E-state index in [9.17, 15) is 14.4 Å². The third-order valence-electron chi connectivity index (χ3n) is 4.79. The van der Waals surface area contributed by atoms with Crippen molar-refractivity contribution in [2.75, 3.05) is 13.2 Å². The Morgan fingerprint density at radius 2 is 1.77 bits per heavy atom. The summed E-state index contributed by atoms with van der Waals surface area (Å²) in [6.07, 6.45) is 1.52. The second-order valence-electron chi connectivity index (χ2n) is 7.22. The van der Waals surface area contributed by atoms with E-state index >= 15 is 0 Å². The number of hydrogen-bond acceptors (Lipinski definition) is 6. The van der Waals surface area contributed by atoms with Gasteiger partial charge in [-0.15, -0.1) is 0 Å². The molecule has 0 spiro atoms. The van der Waals surface area contributed by atoms with Crippen molar-refractivity contribution >= 4 is 74.1 Å². The van der Waals surface area contributed by atoms with Gasteiger partial charge in [-0.1, -0.05) is 45.2 Å². The average molecular weight is 593 g/mol. The molecule has 0 saturated carbocycles. The number of carbonyl (C=O) groups excluding carboxylic acids is 3. The van der Waals surface area contributed by atoms with Crippen molar-refractivity contribution in [2.45, 2.75) is 0 Å². The van der Waals surface area contributed by atoms with Crippen LogP contribution in [-0.4, -0.2) is 35.2 Å². The summed E-state index contributed by atoms with van der Waals surface area (Å²) >= 11 is 16.0. The van der Waals surface area contributed by atoms with Crippen molar-refractivity contribution in [1.29, 1.82) is 0 Å². The van der Waals surface area contributed by atoms with Crippen molar-refractivity contribution in [1.82, 2.24) is 4.90 Å². The van der Waals surface area contributed by atoms with Crippen molar-refractivity contribution in [2.24, 2.45) is 0 Å². The third-order valence-corrected chi connectivity index (χ3v) is 6.68. The molecule has 0 aliphatic carbocycles. The fraction of sp³-hybridized carbons (Fsp3) is 0.0800. The molecule has 0 atom stereocenters. The molecule has 3 aromatic carbocycles. The zero-order valence-electron chi connectivity index (χ0n) is 17.9. The van der Waals surface area contributed by atoms with Gasteiger partial charge in [-0.25, -0.2) is 4.79 Å². The second-order valence-corrected chi connectivity index (χ2v) is 10.00. The minimum Gasteiger partial charge on any atom is -0.492 e. The normalized spacial score (nSPS) is 14.5. The summed E-state index contributed by atoms with van der Waals surface area (Å²) in [5.41, 5.74) is 0.741. The highest BCUT2D eigenvalue weighted by Crippen LogP contribution is 2.35. The highest BCUT2D eigenvalue weighted by molar-refractivity contribution is 9.10. The van der Waals surface area contributed by atoms with Crippen LogP contribution in [0.15, 0.2) is 76.1 Å². The summed E-state index contributed by atoms with van der Waals surface area (Å²) in [5, 5.41) is 0.580. The maximum atomic E-state index is 12.9. The minimum absolute atomic E-state index is 0.0831. The summed E-state index contributed by atoms with van der Waals surface area (Å²) < 4.78 is 11.9. The number of benzene rings is 3. The molecule has 1 fully saturated rings. The Kier molecular flexibility index (Phi) is 8.18. The molecule has 0 bridgehead atoms. The zero-order valence-corrected chi connectivity index (χ0v) is 21.8. The molecule has 1 saturated heterocycles. The number of nitrogens with zero attached hydrogens (tertiary/aromatic N) is 1. The summed E-state index contributed by atoms with van der Waals surface area (Å²) in [4.78, 5) is 39.3. The van der Waals surface area contributed by atoms with E-state index in [-0.39, 0.29) is 29.4 Å². The van der Waals surface area contributed by atoms with Gasteiger partial charge >= 0.3 is 5.97 Å². The first-order chi connectivity index (χ1) is 16.8. The number of amides is 2. The van der Waals surface area contributed by atoms with Crippen LogP contribution in [0.2, 0.25) is 10.0 Å². The lowest BCUT2D eigenvalue weighted by atomic mass is 10.1. The Morgan fingerprint density at radius 3 is 2.51 bits per heavy atom. The Balaban J connectivity index is 1.48. The van der Waals surface area contributed by atoms with Gasteiger partial charge in [-0.3, -0.25) is 14.5 Å². The van der Waals surface area contributed by atoms with Gasteiger partial charge in [-0.05, 0) is 78.5 Å². The molecule has 178 valence electrons. The van der Waals surface area contributed by atoms with Crippen LogP contribution in [-0.2, 0) is 4.79 Å². The molecule has 0 radical (unpaired) electrons. The van der Waals surface area contributed by atoms with E-state index in [1.807, 2.05) is 0 Å². The van der Waals surface area contributed by atoms with E-state index in [0.717, 1.165) is 16.7 Å². The highest BCUT2D eigenvalue weighted by Gasteiger charge is 2.35. The van der Waals surface area contributed by atoms with Crippen molar-refractivity contribution in [3.63, 3.8) is 0 Å². The molecule has 1 heterocycles. The lowest BCUT2D eigenvalue weighted by Crippen LogP contribution is -2.32. The lowest BCUT2D eigenvalue weighted by molar-refractivity contribution is -0.123. The Labute approximate surface area is 223 Å². The molecule has 10 heteroatoms. The summed E-state index contributed by atoms with van der Waals surface area (Å²) in [7, 11) is 0. The second kappa shape index (κ2) is 11.3.